The normalized spacial score (nSPS) is 16.1. The number of sulfonamides is 1. The van der Waals surface area contributed by atoms with E-state index in [1.807, 2.05) is 60.7 Å². The minimum Gasteiger partial charge on any atom is -0.465 e. The van der Waals surface area contributed by atoms with E-state index in [2.05, 4.69) is 0 Å². The molecule has 2 N–H and O–H groups in total. The molecule has 1 fully saturated rings. The molecule has 3 aromatic carbocycles. The summed E-state index contributed by atoms with van der Waals surface area (Å²) in [6, 6.07) is 26.8. The fourth-order valence-corrected chi connectivity index (χ4v) is 7.17. The summed E-state index contributed by atoms with van der Waals surface area (Å²) in [5, 5.41) is 22.3. The second-order valence-corrected chi connectivity index (χ2v) is 12.3. The molecule has 3 aromatic rings. The zero-order chi connectivity index (χ0) is 27.7. The van der Waals surface area contributed by atoms with Gasteiger partial charge >= 0.3 is 6.09 Å². The molecule has 0 saturated heterocycles. The molecule has 1 atom stereocenters. The van der Waals surface area contributed by atoms with E-state index < -0.39 is 21.8 Å². The van der Waals surface area contributed by atoms with Crippen LogP contribution in [0.2, 0.25) is 0 Å². The first-order chi connectivity index (χ1) is 18.8. The minimum absolute atomic E-state index is 0.0287. The molecular weight excluding hydrogens is 512 g/mol. The van der Waals surface area contributed by atoms with Crippen molar-refractivity contribution in [3.8, 4) is 0 Å². The van der Waals surface area contributed by atoms with Crippen LogP contribution in [0.1, 0.15) is 49.7 Å². The number of hydrogen-bond acceptors (Lipinski definition) is 4. The molecule has 1 saturated carbocycles. The Morgan fingerprint density at radius 1 is 0.821 bits per heavy atom. The van der Waals surface area contributed by atoms with Gasteiger partial charge in [-0.05, 0) is 42.0 Å². The van der Waals surface area contributed by atoms with Crippen LogP contribution in [0.15, 0.2) is 95.9 Å². The highest BCUT2D eigenvalue weighted by Crippen LogP contribution is 2.34. The molecule has 7 nitrogen and oxygen atoms in total. The number of amides is 1. The molecule has 8 heteroatoms. The van der Waals surface area contributed by atoms with Crippen molar-refractivity contribution in [3.63, 3.8) is 0 Å². The van der Waals surface area contributed by atoms with Crippen molar-refractivity contribution in [2.24, 2.45) is 5.92 Å². The van der Waals surface area contributed by atoms with Crippen LogP contribution in [0.5, 0.6) is 0 Å². The Hall–Kier alpha value is -3.20. The van der Waals surface area contributed by atoms with Gasteiger partial charge in [-0.25, -0.2) is 13.2 Å². The van der Waals surface area contributed by atoms with Crippen LogP contribution in [0, 0.1) is 5.92 Å². The Labute approximate surface area is 231 Å². The molecule has 0 heterocycles. The summed E-state index contributed by atoms with van der Waals surface area (Å²) in [7, 11) is -4.09. The van der Waals surface area contributed by atoms with E-state index in [4.69, 9.17) is 0 Å². The third kappa shape index (κ3) is 7.68. The first kappa shape index (κ1) is 28.8. The molecule has 0 aliphatic heterocycles. The van der Waals surface area contributed by atoms with Gasteiger partial charge in [0.15, 0.2) is 0 Å². The largest absolute Gasteiger partial charge is 0.465 e. The lowest BCUT2D eigenvalue weighted by Gasteiger charge is -2.42. The van der Waals surface area contributed by atoms with Crippen LogP contribution < -0.4 is 0 Å². The molecule has 1 aliphatic carbocycles. The van der Waals surface area contributed by atoms with Crippen molar-refractivity contribution in [1.82, 2.24) is 9.21 Å². The number of carbonyl (C=O) groups is 1. The van der Waals surface area contributed by atoms with Crippen LogP contribution in [-0.4, -0.2) is 52.7 Å². The Bertz CT molecular complexity index is 1280. The molecule has 0 radical (unpaired) electrons. The van der Waals surface area contributed by atoms with E-state index in [9.17, 15) is 23.4 Å². The van der Waals surface area contributed by atoms with E-state index in [1.165, 1.54) is 9.21 Å². The van der Waals surface area contributed by atoms with Gasteiger partial charge in [0.25, 0.3) is 0 Å². The van der Waals surface area contributed by atoms with Gasteiger partial charge in [-0.2, -0.15) is 4.31 Å². The molecule has 1 aliphatic rings. The Balaban J connectivity index is 1.70. The fraction of sp³-hybridized carbons (Fsp3) is 0.387. The SMILES string of the molecule is O=C(O)N(CCC(O)(Cc1ccccc1)N(CC1CCCCC1)S(=O)(=O)c1ccccc1)Cc1ccccc1. The van der Waals surface area contributed by atoms with E-state index >= 15 is 0 Å². The van der Waals surface area contributed by atoms with Gasteiger partial charge in [0, 0.05) is 32.5 Å². The van der Waals surface area contributed by atoms with Gasteiger partial charge in [-0.3, -0.25) is 0 Å². The maximum absolute atomic E-state index is 14.1. The van der Waals surface area contributed by atoms with Gasteiger partial charge in [0.05, 0.1) is 4.90 Å². The fourth-order valence-electron chi connectivity index (χ4n) is 5.40. The zero-order valence-electron chi connectivity index (χ0n) is 22.2. The summed E-state index contributed by atoms with van der Waals surface area (Å²) in [6.07, 6.45) is 3.85. The number of carboxylic acid groups (broad SMARTS) is 1. The summed E-state index contributed by atoms with van der Waals surface area (Å²) in [5.74, 6) is 0.124. The standard InChI is InChI=1S/C31H38N2O5S/c34-30(35)32(24-27-15-7-2-8-16-27)22-21-31(36,23-26-13-5-1-6-14-26)33(25-28-17-9-3-10-18-28)39(37,38)29-19-11-4-12-20-29/h1-2,4-8,11-16,19-20,28,36H,3,9-10,17-18,21-25H2,(H,34,35). The van der Waals surface area contributed by atoms with Crippen LogP contribution in [-0.2, 0) is 23.0 Å². The van der Waals surface area contributed by atoms with Crippen molar-refractivity contribution in [3.05, 3.63) is 102 Å². The Morgan fingerprint density at radius 3 is 1.92 bits per heavy atom. The van der Waals surface area contributed by atoms with Crippen molar-refractivity contribution >= 4 is 16.1 Å². The third-order valence-electron chi connectivity index (χ3n) is 7.54. The highest BCUT2D eigenvalue weighted by molar-refractivity contribution is 7.89. The Morgan fingerprint density at radius 2 is 1.36 bits per heavy atom. The minimum atomic E-state index is -4.09. The molecule has 4 rings (SSSR count). The number of benzene rings is 3. The highest BCUT2D eigenvalue weighted by atomic mass is 32.2. The molecule has 208 valence electrons. The lowest BCUT2D eigenvalue weighted by molar-refractivity contribution is -0.0778. The quantitative estimate of drug-likeness (QED) is 0.280. The average molecular weight is 551 g/mol. The second-order valence-electron chi connectivity index (χ2n) is 10.4. The van der Waals surface area contributed by atoms with Crippen LogP contribution >= 0.6 is 0 Å². The topological polar surface area (TPSA) is 98.1 Å². The van der Waals surface area contributed by atoms with Crippen LogP contribution in [0.3, 0.4) is 0 Å². The Kier molecular flexibility index (Phi) is 9.78. The van der Waals surface area contributed by atoms with Crippen LogP contribution in [0.4, 0.5) is 4.79 Å². The summed E-state index contributed by atoms with van der Waals surface area (Å²) in [5.41, 5.74) is -0.234. The molecule has 0 bridgehead atoms. The van der Waals surface area contributed by atoms with Crippen LogP contribution in [0.25, 0.3) is 0 Å². The van der Waals surface area contributed by atoms with Gasteiger partial charge in [0.1, 0.15) is 5.72 Å². The molecule has 1 unspecified atom stereocenters. The summed E-state index contributed by atoms with van der Waals surface area (Å²) < 4.78 is 29.6. The molecule has 1 amide bonds. The van der Waals surface area contributed by atoms with E-state index in [-0.39, 0.29) is 43.3 Å². The van der Waals surface area contributed by atoms with Gasteiger partial charge < -0.3 is 15.1 Å². The molecule has 0 spiro atoms. The predicted octanol–water partition coefficient (Wildman–Crippen LogP) is 5.76. The first-order valence-corrected chi connectivity index (χ1v) is 15.1. The number of hydrogen-bond donors (Lipinski definition) is 2. The van der Waals surface area contributed by atoms with Gasteiger partial charge in [0.2, 0.25) is 10.0 Å². The molecule has 39 heavy (non-hydrogen) atoms. The summed E-state index contributed by atoms with van der Waals surface area (Å²) >= 11 is 0. The van der Waals surface area contributed by atoms with E-state index in [1.54, 1.807) is 30.3 Å². The average Bonchev–Trinajstić information content (AvgIpc) is 2.96. The second kappa shape index (κ2) is 13.2. The number of nitrogens with zero attached hydrogens (tertiary/aromatic N) is 2. The van der Waals surface area contributed by atoms with Crippen molar-refractivity contribution in [2.75, 3.05) is 13.1 Å². The maximum atomic E-state index is 14.1. The summed E-state index contributed by atoms with van der Waals surface area (Å²) in [6.45, 7) is 0.303. The lowest BCUT2D eigenvalue weighted by Crippen LogP contribution is -2.56. The number of rotatable bonds is 12. The smallest absolute Gasteiger partial charge is 0.407 e. The van der Waals surface area contributed by atoms with Gasteiger partial charge in [-0.1, -0.05) is 98.1 Å². The maximum Gasteiger partial charge on any atom is 0.407 e. The highest BCUT2D eigenvalue weighted by Gasteiger charge is 2.44. The third-order valence-corrected chi connectivity index (χ3v) is 9.48. The summed E-state index contributed by atoms with van der Waals surface area (Å²) in [4.78, 5) is 13.5. The molecular formula is C31H38N2O5S. The van der Waals surface area contributed by atoms with E-state index in [0.717, 1.165) is 43.2 Å². The van der Waals surface area contributed by atoms with E-state index in [0.29, 0.717) is 0 Å². The lowest BCUT2D eigenvalue weighted by atomic mass is 9.88. The first-order valence-electron chi connectivity index (χ1n) is 13.6. The van der Waals surface area contributed by atoms with Crippen molar-refractivity contribution < 1.29 is 23.4 Å². The molecule has 0 aromatic heterocycles. The monoisotopic (exact) mass is 550 g/mol. The van der Waals surface area contributed by atoms with Gasteiger partial charge in [-0.15, -0.1) is 0 Å². The number of aliphatic hydroxyl groups is 1. The zero-order valence-corrected chi connectivity index (χ0v) is 23.0. The van der Waals surface area contributed by atoms with Crippen molar-refractivity contribution in [2.45, 2.75) is 62.1 Å². The van der Waals surface area contributed by atoms with Crippen molar-refractivity contribution in [1.29, 1.82) is 0 Å². The predicted molar refractivity (Wildman–Crippen MR) is 151 cm³/mol.